The van der Waals surface area contributed by atoms with Crippen molar-refractivity contribution < 1.29 is 18.3 Å². The van der Waals surface area contributed by atoms with E-state index in [4.69, 9.17) is 10.5 Å². The number of amides is 1. The highest BCUT2D eigenvalue weighted by Gasteiger charge is 2.55. The molecule has 0 aromatic heterocycles. The first kappa shape index (κ1) is 15.5. The van der Waals surface area contributed by atoms with E-state index in [1.165, 1.54) is 0 Å². The van der Waals surface area contributed by atoms with Crippen molar-refractivity contribution in [2.45, 2.75) is 64.0 Å². The van der Waals surface area contributed by atoms with Crippen molar-refractivity contribution in [3.63, 3.8) is 0 Å². The standard InChI is InChI=1S/C14H24F2N2O2/c1-12(2,3)20-11(19)18-6-4-13(5-7-18)9-14(15,16)8-10(13)17/h10H,4-9,17H2,1-3H3/t10-/m1/s1. The zero-order valence-corrected chi connectivity index (χ0v) is 12.4. The van der Waals surface area contributed by atoms with Gasteiger partial charge in [0.15, 0.2) is 0 Å². The molecule has 1 saturated carbocycles. The molecule has 2 fully saturated rings. The molecule has 0 bridgehead atoms. The highest BCUT2D eigenvalue weighted by molar-refractivity contribution is 5.68. The lowest BCUT2D eigenvalue weighted by molar-refractivity contribution is -0.0181. The van der Waals surface area contributed by atoms with E-state index in [0.717, 1.165) is 0 Å². The number of nitrogens with zero attached hydrogens (tertiary/aromatic N) is 1. The third-order valence-corrected chi connectivity index (χ3v) is 4.33. The minimum atomic E-state index is -2.66. The molecular formula is C14H24F2N2O2. The Morgan fingerprint density at radius 1 is 1.30 bits per heavy atom. The van der Waals surface area contributed by atoms with Crippen LogP contribution < -0.4 is 5.73 Å². The van der Waals surface area contributed by atoms with E-state index in [1.54, 1.807) is 4.90 Å². The van der Waals surface area contributed by atoms with Crippen LogP contribution in [0.25, 0.3) is 0 Å². The van der Waals surface area contributed by atoms with Crippen LogP contribution in [-0.4, -0.2) is 41.6 Å². The normalized spacial score (nSPS) is 28.7. The average molecular weight is 290 g/mol. The molecule has 2 aliphatic rings. The maximum Gasteiger partial charge on any atom is 0.410 e. The summed E-state index contributed by atoms with van der Waals surface area (Å²) >= 11 is 0. The van der Waals surface area contributed by atoms with Gasteiger partial charge in [-0.2, -0.15) is 0 Å². The lowest BCUT2D eigenvalue weighted by atomic mass is 9.74. The predicted octanol–water partition coefficient (Wildman–Crippen LogP) is 2.76. The molecule has 1 heterocycles. The van der Waals surface area contributed by atoms with E-state index >= 15 is 0 Å². The SMILES string of the molecule is CC(C)(C)OC(=O)N1CCC2(CC1)CC(F)(F)C[C@H]2N. The molecule has 1 saturated heterocycles. The maximum absolute atomic E-state index is 13.5. The van der Waals surface area contributed by atoms with Gasteiger partial charge in [-0.1, -0.05) is 0 Å². The van der Waals surface area contributed by atoms with Crippen molar-refractivity contribution >= 4 is 6.09 Å². The molecular weight excluding hydrogens is 266 g/mol. The number of carbonyl (C=O) groups is 1. The molecule has 116 valence electrons. The summed E-state index contributed by atoms with van der Waals surface area (Å²) in [6, 6.07) is -0.474. The van der Waals surface area contributed by atoms with Crippen LogP contribution >= 0.6 is 0 Å². The fourth-order valence-corrected chi connectivity index (χ4v) is 3.27. The van der Waals surface area contributed by atoms with Crippen LogP contribution in [0.5, 0.6) is 0 Å². The summed E-state index contributed by atoms with van der Waals surface area (Å²) in [7, 11) is 0. The molecule has 1 aliphatic heterocycles. The van der Waals surface area contributed by atoms with Crippen molar-refractivity contribution in [1.82, 2.24) is 4.90 Å². The van der Waals surface area contributed by atoms with E-state index in [2.05, 4.69) is 0 Å². The van der Waals surface area contributed by atoms with E-state index in [0.29, 0.717) is 25.9 Å². The first-order valence-electron chi connectivity index (χ1n) is 7.14. The van der Waals surface area contributed by atoms with Crippen LogP contribution in [0.3, 0.4) is 0 Å². The van der Waals surface area contributed by atoms with E-state index in [-0.39, 0.29) is 18.9 Å². The van der Waals surface area contributed by atoms with Gasteiger partial charge < -0.3 is 15.4 Å². The van der Waals surface area contributed by atoms with Crippen molar-refractivity contribution in [2.24, 2.45) is 11.1 Å². The van der Waals surface area contributed by atoms with Crippen LogP contribution in [-0.2, 0) is 4.74 Å². The van der Waals surface area contributed by atoms with Gasteiger partial charge in [-0.05, 0) is 39.0 Å². The molecule has 1 spiro atoms. The monoisotopic (exact) mass is 290 g/mol. The van der Waals surface area contributed by atoms with Crippen LogP contribution in [0.15, 0.2) is 0 Å². The topological polar surface area (TPSA) is 55.6 Å². The van der Waals surface area contributed by atoms with E-state index in [1.807, 2.05) is 20.8 Å². The van der Waals surface area contributed by atoms with Crippen LogP contribution in [0.2, 0.25) is 0 Å². The smallest absolute Gasteiger partial charge is 0.410 e. The fourth-order valence-electron chi connectivity index (χ4n) is 3.27. The Bertz CT molecular complexity index is 385. The third-order valence-electron chi connectivity index (χ3n) is 4.33. The van der Waals surface area contributed by atoms with Gasteiger partial charge in [-0.3, -0.25) is 0 Å². The second kappa shape index (κ2) is 4.83. The van der Waals surface area contributed by atoms with E-state index < -0.39 is 23.0 Å². The Hall–Kier alpha value is -0.910. The number of likely N-dealkylation sites (tertiary alicyclic amines) is 1. The Balaban J connectivity index is 1.94. The molecule has 0 radical (unpaired) electrons. The van der Waals surface area contributed by atoms with Gasteiger partial charge in [0.25, 0.3) is 0 Å². The summed E-state index contributed by atoms with van der Waals surface area (Å²) < 4.78 is 32.3. The summed E-state index contributed by atoms with van der Waals surface area (Å²) in [4.78, 5) is 13.5. The van der Waals surface area contributed by atoms with Crippen LogP contribution in [0, 0.1) is 5.41 Å². The highest BCUT2D eigenvalue weighted by atomic mass is 19.3. The summed E-state index contributed by atoms with van der Waals surface area (Å²) in [5.41, 5.74) is 4.88. The molecule has 1 atom stereocenters. The summed E-state index contributed by atoms with van der Waals surface area (Å²) in [6.45, 7) is 6.31. The molecule has 0 unspecified atom stereocenters. The molecule has 6 heteroatoms. The second-order valence-electron chi connectivity index (χ2n) is 7.17. The Kier molecular flexibility index (Phi) is 3.73. The number of nitrogens with two attached hydrogens (primary N) is 1. The number of ether oxygens (including phenoxy) is 1. The number of rotatable bonds is 0. The number of alkyl halides is 2. The number of hydrogen-bond acceptors (Lipinski definition) is 3. The Morgan fingerprint density at radius 3 is 2.25 bits per heavy atom. The van der Waals surface area contributed by atoms with Gasteiger partial charge in [0.05, 0.1) is 0 Å². The average Bonchev–Trinajstić information content (AvgIpc) is 2.47. The molecule has 1 aliphatic carbocycles. The molecule has 1 amide bonds. The molecule has 0 aromatic carbocycles. The van der Waals surface area contributed by atoms with Gasteiger partial charge >= 0.3 is 6.09 Å². The maximum atomic E-state index is 13.5. The van der Waals surface area contributed by atoms with Crippen molar-refractivity contribution in [3.05, 3.63) is 0 Å². The summed E-state index contributed by atoms with van der Waals surface area (Å²) in [6.07, 6.45) is 0.306. The minimum Gasteiger partial charge on any atom is -0.444 e. The van der Waals surface area contributed by atoms with E-state index in [9.17, 15) is 13.6 Å². The highest BCUT2D eigenvalue weighted by Crippen LogP contribution is 2.52. The lowest BCUT2D eigenvalue weighted by Crippen LogP contribution is -2.49. The second-order valence-corrected chi connectivity index (χ2v) is 7.17. The zero-order chi connectivity index (χ0) is 15.2. The Labute approximate surface area is 118 Å². The zero-order valence-electron chi connectivity index (χ0n) is 12.4. The third kappa shape index (κ3) is 3.22. The molecule has 20 heavy (non-hydrogen) atoms. The number of carbonyl (C=O) groups excluding carboxylic acids is 1. The largest absolute Gasteiger partial charge is 0.444 e. The quantitative estimate of drug-likeness (QED) is 0.746. The predicted molar refractivity (Wildman–Crippen MR) is 71.6 cm³/mol. The number of piperidine rings is 1. The van der Waals surface area contributed by atoms with Crippen molar-refractivity contribution in [3.8, 4) is 0 Å². The molecule has 2 rings (SSSR count). The van der Waals surface area contributed by atoms with Gasteiger partial charge in [0, 0.05) is 32.0 Å². The summed E-state index contributed by atoms with van der Waals surface area (Å²) in [5.74, 6) is -2.66. The van der Waals surface area contributed by atoms with Gasteiger partial charge in [-0.25, -0.2) is 13.6 Å². The van der Waals surface area contributed by atoms with Crippen molar-refractivity contribution in [2.75, 3.05) is 13.1 Å². The van der Waals surface area contributed by atoms with Crippen molar-refractivity contribution in [1.29, 1.82) is 0 Å². The van der Waals surface area contributed by atoms with Gasteiger partial charge in [0.1, 0.15) is 5.60 Å². The minimum absolute atomic E-state index is 0.149. The van der Waals surface area contributed by atoms with Crippen LogP contribution in [0.1, 0.15) is 46.5 Å². The van der Waals surface area contributed by atoms with Gasteiger partial charge in [0.2, 0.25) is 5.92 Å². The molecule has 0 aromatic rings. The summed E-state index contributed by atoms with van der Waals surface area (Å²) in [5, 5.41) is 0. The number of hydrogen-bond donors (Lipinski definition) is 1. The first-order valence-corrected chi connectivity index (χ1v) is 7.14. The Morgan fingerprint density at radius 2 is 1.85 bits per heavy atom. The van der Waals surface area contributed by atoms with Gasteiger partial charge in [-0.15, -0.1) is 0 Å². The molecule has 4 nitrogen and oxygen atoms in total. The van der Waals surface area contributed by atoms with Crippen LogP contribution in [0.4, 0.5) is 13.6 Å². The fraction of sp³-hybridized carbons (Fsp3) is 0.929. The lowest BCUT2D eigenvalue weighted by Gasteiger charge is -2.41. The molecule has 2 N–H and O–H groups in total. The number of halogens is 2. The first-order chi connectivity index (χ1) is 9.03.